The van der Waals surface area contributed by atoms with Gasteiger partial charge in [-0.25, -0.2) is 0 Å². The second-order valence-corrected chi connectivity index (χ2v) is 5.56. The van der Waals surface area contributed by atoms with Crippen LogP contribution in [-0.4, -0.2) is 41.0 Å². The Hall–Kier alpha value is -1.94. The fourth-order valence-corrected chi connectivity index (χ4v) is 2.93. The molecule has 2 unspecified atom stereocenters. The van der Waals surface area contributed by atoms with Gasteiger partial charge in [-0.1, -0.05) is 24.3 Å². The van der Waals surface area contributed by atoms with Crippen molar-refractivity contribution in [3.8, 4) is 0 Å². The van der Waals surface area contributed by atoms with Crippen LogP contribution in [0.1, 0.15) is 24.3 Å². The van der Waals surface area contributed by atoms with Crippen LogP contribution in [0.2, 0.25) is 0 Å². The highest BCUT2D eigenvalue weighted by Gasteiger charge is 2.27. The number of carbonyl (C=O) groups is 1. The molecule has 104 valence electrons. The molecule has 1 aromatic heterocycles. The van der Waals surface area contributed by atoms with Crippen LogP contribution < -0.4 is 5.32 Å². The minimum atomic E-state index is 0.0296. The molecule has 1 N–H and O–H groups in total. The first-order valence-electron chi connectivity index (χ1n) is 7.04. The van der Waals surface area contributed by atoms with Crippen molar-refractivity contribution in [3.05, 3.63) is 42.2 Å². The van der Waals surface area contributed by atoms with Crippen molar-refractivity contribution < 1.29 is 4.79 Å². The van der Waals surface area contributed by atoms with Gasteiger partial charge in [-0.05, 0) is 25.3 Å². The third kappa shape index (κ3) is 2.39. The maximum absolute atomic E-state index is 12.7. The maximum atomic E-state index is 12.7. The predicted molar refractivity (Wildman–Crippen MR) is 79.7 cm³/mol. The van der Waals surface area contributed by atoms with E-state index >= 15 is 0 Å². The van der Waals surface area contributed by atoms with E-state index in [1.54, 1.807) is 6.20 Å². The fraction of sp³-hybridized carbons (Fsp3) is 0.375. The molecule has 1 aromatic carbocycles. The van der Waals surface area contributed by atoms with Crippen LogP contribution in [0.4, 0.5) is 0 Å². The van der Waals surface area contributed by atoms with Gasteiger partial charge < -0.3 is 10.2 Å². The molecule has 3 rings (SSSR count). The van der Waals surface area contributed by atoms with E-state index in [2.05, 4.69) is 24.1 Å². The summed E-state index contributed by atoms with van der Waals surface area (Å²) >= 11 is 0. The van der Waals surface area contributed by atoms with E-state index in [0.29, 0.717) is 17.8 Å². The Labute approximate surface area is 118 Å². The number of aromatic nitrogens is 1. The van der Waals surface area contributed by atoms with E-state index in [1.165, 1.54) is 0 Å². The Morgan fingerprint density at radius 2 is 1.90 bits per heavy atom. The summed E-state index contributed by atoms with van der Waals surface area (Å²) in [5.41, 5.74) is 0.560. The van der Waals surface area contributed by atoms with Gasteiger partial charge in [0.05, 0.1) is 0 Å². The lowest BCUT2D eigenvalue weighted by Crippen LogP contribution is -2.55. The molecule has 1 amide bonds. The van der Waals surface area contributed by atoms with Gasteiger partial charge in [-0.15, -0.1) is 0 Å². The molecule has 1 fully saturated rings. The van der Waals surface area contributed by atoms with Gasteiger partial charge in [-0.2, -0.15) is 0 Å². The number of fused-ring (bicyclic) bond motifs is 1. The Bertz CT molecular complexity index is 625. The van der Waals surface area contributed by atoms with Gasteiger partial charge in [0.25, 0.3) is 5.91 Å². The van der Waals surface area contributed by atoms with E-state index in [4.69, 9.17) is 0 Å². The van der Waals surface area contributed by atoms with Crippen LogP contribution in [0.15, 0.2) is 36.5 Å². The molecule has 2 heterocycles. The van der Waals surface area contributed by atoms with Gasteiger partial charge >= 0.3 is 0 Å². The molecule has 2 atom stereocenters. The lowest BCUT2D eigenvalue weighted by Gasteiger charge is -2.36. The predicted octanol–water partition coefficient (Wildman–Crippen LogP) is 2.06. The largest absolute Gasteiger partial charge is 0.334 e. The van der Waals surface area contributed by atoms with Gasteiger partial charge in [0.2, 0.25) is 0 Å². The third-order valence-corrected chi connectivity index (χ3v) is 3.72. The number of amides is 1. The summed E-state index contributed by atoms with van der Waals surface area (Å²) in [6, 6.07) is 10.5. The fourth-order valence-electron chi connectivity index (χ4n) is 2.93. The zero-order valence-electron chi connectivity index (χ0n) is 11.8. The van der Waals surface area contributed by atoms with Gasteiger partial charge in [0.15, 0.2) is 0 Å². The van der Waals surface area contributed by atoms with E-state index in [9.17, 15) is 4.79 Å². The SMILES string of the molecule is CC1CN(C(=O)c2nccc3ccccc23)CC(C)N1. The van der Waals surface area contributed by atoms with Gasteiger partial charge in [-0.3, -0.25) is 9.78 Å². The summed E-state index contributed by atoms with van der Waals surface area (Å²) in [5, 5.41) is 5.43. The molecule has 0 spiro atoms. The Morgan fingerprint density at radius 3 is 2.65 bits per heavy atom. The number of carbonyl (C=O) groups excluding carboxylic acids is 1. The molecule has 0 bridgehead atoms. The van der Waals surface area contributed by atoms with Crippen LogP contribution >= 0.6 is 0 Å². The Kier molecular flexibility index (Phi) is 3.40. The average Bonchev–Trinajstić information content (AvgIpc) is 2.45. The third-order valence-electron chi connectivity index (χ3n) is 3.72. The highest BCUT2D eigenvalue weighted by molar-refractivity contribution is 6.05. The highest BCUT2D eigenvalue weighted by Crippen LogP contribution is 2.19. The zero-order valence-corrected chi connectivity index (χ0v) is 11.8. The van der Waals surface area contributed by atoms with E-state index < -0.39 is 0 Å². The molecular weight excluding hydrogens is 250 g/mol. The molecule has 4 nitrogen and oxygen atoms in total. The van der Waals surface area contributed by atoms with E-state index in [1.807, 2.05) is 35.2 Å². The monoisotopic (exact) mass is 269 g/mol. The first kappa shape index (κ1) is 13.1. The molecule has 2 aromatic rings. The molecule has 1 aliphatic heterocycles. The van der Waals surface area contributed by atoms with Crippen molar-refractivity contribution in [2.45, 2.75) is 25.9 Å². The molecule has 4 heteroatoms. The minimum Gasteiger partial charge on any atom is -0.334 e. The number of benzene rings is 1. The molecule has 0 radical (unpaired) electrons. The van der Waals surface area contributed by atoms with E-state index in [0.717, 1.165) is 23.9 Å². The lowest BCUT2D eigenvalue weighted by molar-refractivity contribution is 0.0670. The summed E-state index contributed by atoms with van der Waals surface area (Å²) in [7, 11) is 0. The van der Waals surface area contributed by atoms with E-state index in [-0.39, 0.29) is 5.91 Å². The number of pyridine rings is 1. The van der Waals surface area contributed by atoms with Crippen molar-refractivity contribution in [1.82, 2.24) is 15.2 Å². The standard InChI is InChI=1S/C16H19N3O/c1-11-9-19(10-12(2)18-11)16(20)15-14-6-4-3-5-13(14)7-8-17-15/h3-8,11-12,18H,9-10H2,1-2H3. The lowest BCUT2D eigenvalue weighted by atomic mass is 10.1. The molecule has 1 aliphatic rings. The molecule has 1 saturated heterocycles. The summed E-state index contributed by atoms with van der Waals surface area (Å²) in [4.78, 5) is 19.0. The first-order chi connectivity index (χ1) is 9.65. The second-order valence-electron chi connectivity index (χ2n) is 5.56. The van der Waals surface area contributed by atoms with Gasteiger partial charge in [0.1, 0.15) is 5.69 Å². The summed E-state index contributed by atoms with van der Waals surface area (Å²) in [6.45, 7) is 5.67. The number of nitrogens with zero attached hydrogens (tertiary/aromatic N) is 2. The summed E-state index contributed by atoms with van der Waals surface area (Å²) in [6.07, 6.45) is 1.71. The maximum Gasteiger partial charge on any atom is 0.273 e. The number of hydrogen-bond donors (Lipinski definition) is 1. The number of piperazine rings is 1. The van der Waals surface area contributed by atoms with Crippen LogP contribution in [0.5, 0.6) is 0 Å². The highest BCUT2D eigenvalue weighted by atomic mass is 16.2. The minimum absolute atomic E-state index is 0.0296. The number of nitrogens with one attached hydrogen (secondary N) is 1. The molecular formula is C16H19N3O. The van der Waals surface area contributed by atoms with Crippen LogP contribution in [0.25, 0.3) is 10.8 Å². The van der Waals surface area contributed by atoms with Crippen LogP contribution in [-0.2, 0) is 0 Å². The van der Waals surface area contributed by atoms with Crippen molar-refractivity contribution >= 4 is 16.7 Å². The second kappa shape index (κ2) is 5.21. The zero-order chi connectivity index (χ0) is 14.1. The van der Waals surface area contributed by atoms with Crippen LogP contribution in [0, 0.1) is 0 Å². The molecule has 0 aliphatic carbocycles. The smallest absolute Gasteiger partial charge is 0.273 e. The summed E-state index contributed by atoms with van der Waals surface area (Å²) < 4.78 is 0. The quantitative estimate of drug-likeness (QED) is 0.862. The van der Waals surface area contributed by atoms with Crippen molar-refractivity contribution in [3.63, 3.8) is 0 Å². The Balaban J connectivity index is 1.96. The molecule has 0 saturated carbocycles. The molecule has 20 heavy (non-hydrogen) atoms. The Morgan fingerprint density at radius 1 is 1.20 bits per heavy atom. The van der Waals surface area contributed by atoms with Crippen molar-refractivity contribution in [2.24, 2.45) is 0 Å². The van der Waals surface area contributed by atoms with Crippen molar-refractivity contribution in [1.29, 1.82) is 0 Å². The number of rotatable bonds is 1. The van der Waals surface area contributed by atoms with Crippen molar-refractivity contribution in [2.75, 3.05) is 13.1 Å². The van der Waals surface area contributed by atoms with Crippen LogP contribution in [0.3, 0.4) is 0 Å². The first-order valence-corrected chi connectivity index (χ1v) is 7.04. The normalized spacial score (nSPS) is 23.0. The number of hydrogen-bond acceptors (Lipinski definition) is 3. The average molecular weight is 269 g/mol. The topological polar surface area (TPSA) is 45.2 Å². The van der Waals surface area contributed by atoms with Gasteiger partial charge in [0, 0.05) is 36.8 Å². The summed E-state index contributed by atoms with van der Waals surface area (Å²) in [5.74, 6) is 0.0296.